The molecule has 6 aromatic rings. The van der Waals surface area contributed by atoms with Gasteiger partial charge in [-0.3, -0.25) is 39.0 Å². The fraction of sp³-hybridized carbons (Fsp3) is 0.217. The highest BCUT2D eigenvalue weighted by Crippen LogP contribution is 2.35. The second-order valence-corrected chi connectivity index (χ2v) is 16.1. The maximum absolute atomic E-state index is 14.9. The number of carbonyl (C=O) groups excluding carboxylic acids is 5. The van der Waals surface area contributed by atoms with Crippen molar-refractivity contribution >= 4 is 76.6 Å². The van der Waals surface area contributed by atoms with E-state index in [9.17, 15) is 32.8 Å². The van der Waals surface area contributed by atoms with Gasteiger partial charge in [0.15, 0.2) is 0 Å². The maximum atomic E-state index is 14.9. The number of aromatic nitrogens is 5. The molecule has 0 saturated carbocycles. The summed E-state index contributed by atoms with van der Waals surface area (Å²) >= 11 is 6.34. The number of imide groups is 1. The van der Waals surface area contributed by atoms with Crippen LogP contribution >= 0.6 is 24.0 Å². The number of fused-ring (bicyclic) bond motifs is 4. The number of hydrogen-bond donors (Lipinski definition) is 5. The Kier molecular flexibility index (Phi) is 13.7. The van der Waals surface area contributed by atoms with Crippen molar-refractivity contribution in [2.24, 2.45) is 4.99 Å². The molecule has 0 bridgehead atoms. The predicted octanol–water partition coefficient (Wildman–Crippen LogP) is 5.49. The lowest BCUT2D eigenvalue weighted by Gasteiger charge is -2.29. The van der Waals surface area contributed by atoms with Gasteiger partial charge in [0, 0.05) is 88.5 Å². The zero-order valence-corrected chi connectivity index (χ0v) is 36.9. The van der Waals surface area contributed by atoms with Gasteiger partial charge >= 0.3 is 0 Å². The van der Waals surface area contributed by atoms with Crippen LogP contribution in [0.4, 0.5) is 26.1 Å². The molecular weight excluding hydrogens is 909 g/mol. The topological polar surface area (TPSA) is 218 Å². The summed E-state index contributed by atoms with van der Waals surface area (Å²) in [6.45, 7) is 1.68. The van der Waals surface area contributed by atoms with Crippen molar-refractivity contribution in [3.05, 3.63) is 147 Å². The van der Waals surface area contributed by atoms with Gasteiger partial charge in [-0.05, 0) is 67.1 Å². The molecule has 0 spiro atoms. The van der Waals surface area contributed by atoms with E-state index in [0.717, 1.165) is 0 Å². The maximum Gasteiger partial charge on any atom is 0.255 e. The zero-order chi connectivity index (χ0) is 45.9. The Balaban J connectivity index is 0.00000608. The van der Waals surface area contributed by atoms with Gasteiger partial charge in [-0.25, -0.2) is 18.7 Å². The van der Waals surface area contributed by atoms with Crippen molar-refractivity contribution in [1.82, 2.24) is 45.8 Å². The summed E-state index contributed by atoms with van der Waals surface area (Å²) in [4.78, 5) is 78.2. The van der Waals surface area contributed by atoms with Gasteiger partial charge in [-0.15, -0.1) is 17.5 Å². The summed E-state index contributed by atoms with van der Waals surface area (Å²) in [5.41, 5.74) is 5.15. The van der Waals surface area contributed by atoms with Crippen molar-refractivity contribution in [2.45, 2.75) is 51.5 Å². The molecule has 342 valence electrons. The van der Waals surface area contributed by atoms with Crippen molar-refractivity contribution in [2.75, 3.05) is 23.7 Å². The Morgan fingerprint density at radius 3 is 2.51 bits per heavy atom. The highest BCUT2D eigenvalue weighted by atomic mass is 35.5. The molecule has 0 aliphatic carbocycles. The molecule has 1 saturated heterocycles. The van der Waals surface area contributed by atoms with Crippen LogP contribution in [0.5, 0.6) is 0 Å². The molecule has 5 N–H and O–H groups in total. The van der Waals surface area contributed by atoms with Crippen LogP contribution in [0.25, 0.3) is 11.3 Å². The first-order valence-electron chi connectivity index (χ1n) is 21.0. The highest BCUT2D eigenvalue weighted by molar-refractivity contribution is 6.31. The lowest BCUT2D eigenvalue weighted by Crippen LogP contribution is -2.52. The third kappa shape index (κ3) is 10.0. The van der Waals surface area contributed by atoms with E-state index >= 15 is 0 Å². The first-order valence-corrected chi connectivity index (χ1v) is 21.3. The summed E-state index contributed by atoms with van der Waals surface area (Å²) in [6.07, 6.45) is 3.89. The summed E-state index contributed by atoms with van der Waals surface area (Å²) in [6, 6.07) is 19.7. The fourth-order valence-electron chi connectivity index (χ4n) is 7.99. The van der Waals surface area contributed by atoms with E-state index in [1.165, 1.54) is 23.1 Å². The highest BCUT2D eigenvalue weighted by Gasteiger charge is 2.40. The molecule has 1 unspecified atom stereocenters. The van der Waals surface area contributed by atoms with Crippen molar-refractivity contribution in [3.63, 3.8) is 0 Å². The quantitative estimate of drug-likeness (QED) is 0.0680. The zero-order valence-electron chi connectivity index (χ0n) is 35.3. The van der Waals surface area contributed by atoms with Crippen LogP contribution in [0.2, 0.25) is 5.02 Å². The number of anilines is 3. The fourth-order valence-corrected chi connectivity index (χ4v) is 8.17. The Labute approximate surface area is 392 Å². The van der Waals surface area contributed by atoms with Crippen molar-refractivity contribution in [1.29, 1.82) is 0 Å². The van der Waals surface area contributed by atoms with Crippen molar-refractivity contribution < 1.29 is 32.8 Å². The SMILES string of the molecule is Cl.O=C1CCC(N2Cc3c(NC(=O)CCNCCn4cc(CNC(=O)c5ccc(Nc6ncc7c(n6)-c6ccc(Cl)cc6C(c6c(F)cccc6F)=NC7)cc5)nn4)cccc3C2=O)C(=O)N1. The van der Waals surface area contributed by atoms with Crippen LogP contribution in [0.1, 0.15) is 67.9 Å². The van der Waals surface area contributed by atoms with E-state index in [-0.39, 0.29) is 92.2 Å². The summed E-state index contributed by atoms with van der Waals surface area (Å²) in [5, 5.41) is 23.0. The summed E-state index contributed by atoms with van der Waals surface area (Å²) < 4.78 is 31.5. The van der Waals surface area contributed by atoms with Gasteiger partial charge in [-0.2, -0.15) is 0 Å². The summed E-state index contributed by atoms with van der Waals surface area (Å²) in [5.74, 6) is -2.99. The van der Waals surface area contributed by atoms with Gasteiger partial charge in [-0.1, -0.05) is 35.0 Å². The number of piperidine rings is 1. The van der Waals surface area contributed by atoms with E-state index in [2.05, 4.69) is 46.9 Å². The van der Waals surface area contributed by atoms with E-state index < -0.39 is 23.6 Å². The molecule has 3 aliphatic heterocycles. The molecule has 2 aromatic heterocycles. The molecular formula is C46H40Cl2F2N12O5. The largest absolute Gasteiger partial charge is 0.346 e. The minimum absolute atomic E-state index is 0. The number of hydrogen-bond acceptors (Lipinski definition) is 12. The van der Waals surface area contributed by atoms with Gasteiger partial charge < -0.3 is 26.2 Å². The molecule has 4 aromatic carbocycles. The Morgan fingerprint density at radius 1 is 0.925 bits per heavy atom. The third-order valence-corrected chi connectivity index (χ3v) is 11.5. The average molecular weight is 950 g/mol. The number of nitrogens with zero attached hydrogens (tertiary/aromatic N) is 7. The minimum atomic E-state index is -0.748. The number of benzene rings is 4. The lowest BCUT2D eigenvalue weighted by atomic mass is 9.95. The first kappa shape index (κ1) is 46.1. The molecule has 0 radical (unpaired) electrons. The predicted molar refractivity (Wildman–Crippen MR) is 245 cm³/mol. The van der Waals surface area contributed by atoms with Crippen LogP contribution in [-0.4, -0.2) is 84.2 Å². The number of rotatable bonds is 14. The molecule has 5 heterocycles. The normalized spacial score (nSPS) is 15.0. The Hall–Kier alpha value is -7.48. The number of nitrogens with one attached hydrogen (secondary N) is 5. The molecule has 3 aliphatic rings. The second-order valence-electron chi connectivity index (χ2n) is 15.7. The second kappa shape index (κ2) is 19.9. The third-order valence-electron chi connectivity index (χ3n) is 11.3. The monoisotopic (exact) mass is 948 g/mol. The molecule has 67 heavy (non-hydrogen) atoms. The average Bonchev–Trinajstić information content (AvgIpc) is 3.86. The van der Waals surface area contributed by atoms with Crippen LogP contribution in [0.15, 0.2) is 96.2 Å². The molecule has 17 nitrogen and oxygen atoms in total. The van der Waals surface area contributed by atoms with E-state index in [0.29, 0.717) is 80.8 Å². The van der Waals surface area contributed by atoms with Crippen LogP contribution < -0.4 is 26.6 Å². The van der Waals surface area contributed by atoms with Gasteiger partial charge in [0.2, 0.25) is 23.7 Å². The molecule has 9 rings (SSSR count). The number of aliphatic imine (C=N–C) groups is 1. The van der Waals surface area contributed by atoms with Crippen LogP contribution in [0.3, 0.4) is 0 Å². The molecule has 1 fully saturated rings. The van der Waals surface area contributed by atoms with Gasteiger partial charge in [0.05, 0.1) is 42.8 Å². The standard InChI is InChI=1S/C46H39ClF2N12O5.ClH/c47-27-9-12-30-32(19-27)42(40-34(48)4-2-5-35(40)49)51-20-26-21-53-46(57-41(26)30)54-28-10-7-25(8-11-28)43(64)52-22-29-23-60(59-58-29)18-17-50-16-15-39(63)55-36-6-1-3-31-33(36)24-61(45(31)66)37-13-14-38(62)56-44(37)65;/h1-12,19,21,23,37,50H,13-18,20,22,24H2,(H,52,64)(H,55,63)(H,53,54,57)(H,56,62,65);1H. The van der Waals surface area contributed by atoms with Gasteiger partial charge in [0.25, 0.3) is 11.8 Å². The number of carbonyl (C=O) groups is 5. The number of halogens is 4. The molecule has 5 amide bonds. The number of amides is 5. The van der Waals surface area contributed by atoms with E-state index in [1.807, 2.05) is 0 Å². The van der Waals surface area contributed by atoms with E-state index in [1.54, 1.807) is 77.7 Å². The van der Waals surface area contributed by atoms with Crippen LogP contribution in [-0.2, 0) is 40.6 Å². The lowest BCUT2D eigenvalue weighted by molar-refractivity contribution is -0.137. The smallest absolute Gasteiger partial charge is 0.255 e. The van der Waals surface area contributed by atoms with Gasteiger partial charge in [0.1, 0.15) is 23.4 Å². The summed E-state index contributed by atoms with van der Waals surface area (Å²) in [7, 11) is 0. The van der Waals surface area contributed by atoms with Crippen molar-refractivity contribution in [3.8, 4) is 11.3 Å². The van der Waals surface area contributed by atoms with E-state index in [4.69, 9.17) is 16.6 Å². The Bertz CT molecular complexity index is 2950. The Morgan fingerprint density at radius 2 is 1.72 bits per heavy atom. The molecule has 21 heteroatoms. The minimum Gasteiger partial charge on any atom is -0.346 e. The molecule has 1 atom stereocenters. The first-order chi connectivity index (χ1) is 32.0. The van der Waals surface area contributed by atoms with Crippen LogP contribution in [0, 0.1) is 11.6 Å².